The molecule has 0 saturated carbocycles. The number of ether oxygens (including phenoxy) is 1. The van der Waals surface area contributed by atoms with Crippen molar-refractivity contribution in [1.29, 1.82) is 0 Å². The van der Waals surface area contributed by atoms with E-state index in [1.165, 1.54) is 0 Å². The fourth-order valence-corrected chi connectivity index (χ4v) is 1.34. The Hall–Kier alpha value is -1.55. The molecule has 4 nitrogen and oxygen atoms in total. The summed E-state index contributed by atoms with van der Waals surface area (Å²) in [6.07, 6.45) is 0.513. The predicted octanol–water partition coefficient (Wildman–Crippen LogP) is 1.85. The minimum atomic E-state index is -0.862. The van der Waals surface area contributed by atoms with E-state index in [2.05, 4.69) is 0 Å². The minimum Gasteiger partial charge on any atom is -0.493 e. The van der Waals surface area contributed by atoms with Crippen LogP contribution in [0.15, 0.2) is 24.3 Å². The van der Waals surface area contributed by atoms with E-state index in [-0.39, 0.29) is 6.42 Å². The molecule has 2 N–H and O–H groups in total. The quantitative estimate of drug-likeness (QED) is 0.793. The van der Waals surface area contributed by atoms with Crippen LogP contribution in [-0.2, 0) is 11.2 Å². The third-order valence-electron chi connectivity index (χ3n) is 2.24. The molecule has 17 heavy (non-hydrogen) atoms. The summed E-state index contributed by atoms with van der Waals surface area (Å²) in [4.78, 5) is 10.6. The van der Waals surface area contributed by atoms with Gasteiger partial charge >= 0.3 is 5.97 Å². The Bertz CT molecular complexity index is 379. The van der Waals surface area contributed by atoms with Gasteiger partial charge in [-0.15, -0.1) is 0 Å². The second kappa shape index (κ2) is 5.68. The topological polar surface area (TPSA) is 66.8 Å². The van der Waals surface area contributed by atoms with Crippen molar-refractivity contribution in [3.63, 3.8) is 0 Å². The summed E-state index contributed by atoms with van der Waals surface area (Å²) < 4.78 is 5.45. The highest BCUT2D eigenvalue weighted by Gasteiger charge is 2.12. The minimum absolute atomic E-state index is 0.0112. The zero-order valence-corrected chi connectivity index (χ0v) is 10.1. The van der Waals surface area contributed by atoms with Crippen molar-refractivity contribution >= 4 is 5.97 Å². The molecule has 0 aliphatic rings. The van der Waals surface area contributed by atoms with Gasteiger partial charge in [0.15, 0.2) is 0 Å². The summed E-state index contributed by atoms with van der Waals surface area (Å²) in [6, 6.07) is 6.99. The lowest BCUT2D eigenvalue weighted by atomic mass is 10.1. The van der Waals surface area contributed by atoms with Gasteiger partial charge in [0.1, 0.15) is 5.75 Å². The summed E-state index contributed by atoms with van der Waals surface area (Å²) in [6.45, 7) is 3.84. The smallest absolute Gasteiger partial charge is 0.307 e. The second-order valence-electron chi connectivity index (χ2n) is 4.63. The second-order valence-corrected chi connectivity index (χ2v) is 4.63. The molecule has 0 aliphatic carbocycles. The third-order valence-corrected chi connectivity index (χ3v) is 2.24. The Morgan fingerprint density at radius 1 is 1.41 bits per heavy atom. The number of benzene rings is 1. The number of aliphatic hydroxyl groups is 1. The zero-order valence-electron chi connectivity index (χ0n) is 10.1. The molecule has 1 rings (SSSR count). The summed E-state index contributed by atoms with van der Waals surface area (Å²) in [5, 5.41) is 18.2. The van der Waals surface area contributed by atoms with Gasteiger partial charge in [0.2, 0.25) is 0 Å². The lowest BCUT2D eigenvalue weighted by Gasteiger charge is -2.17. The van der Waals surface area contributed by atoms with Crippen LogP contribution in [0.2, 0.25) is 0 Å². The number of rotatable bonds is 6. The zero-order chi connectivity index (χ0) is 12.9. The van der Waals surface area contributed by atoms with Crippen LogP contribution in [0.1, 0.15) is 25.8 Å². The number of carbonyl (C=O) groups is 1. The van der Waals surface area contributed by atoms with Crippen LogP contribution in [0.3, 0.4) is 0 Å². The summed E-state index contributed by atoms with van der Waals surface area (Å²) >= 11 is 0. The molecule has 0 aromatic heterocycles. The molecule has 94 valence electrons. The fraction of sp³-hybridized carbons (Fsp3) is 0.462. The van der Waals surface area contributed by atoms with E-state index in [4.69, 9.17) is 9.84 Å². The lowest BCUT2D eigenvalue weighted by molar-refractivity contribution is -0.136. The molecule has 0 atom stereocenters. The number of carboxylic acids is 1. The molecule has 0 unspecified atom stereocenters. The van der Waals surface area contributed by atoms with Gasteiger partial charge in [0, 0.05) is 6.42 Å². The molecule has 0 amide bonds. The molecular weight excluding hydrogens is 220 g/mol. The first-order valence-electron chi connectivity index (χ1n) is 5.53. The number of aliphatic carboxylic acids is 1. The van der Waals surface area contributed by atoms with E-state index in [9.17, 15) is 9.90 Å². The van der Waals surface area contributed by atoms with E-state index in [0.29, 0.717) is 24.3 Å². The summed E-state index contributed by atoms with van der Waals surface area (Å²) in [5.41, 5.74) is -0.0446. The molecule has 0 saturated heterocycles. The maximum Gasteiger partial charge on any atom is 0.307 e. The highest BCUT2D eigenvalue weighted by atomic mass is 16.5. The highest BCUT2D eigenvalue weighted by molar-refractivity contribution is 5.70. The molecule has 1 aromatic rings. The van der Waals surface area contributed by atoms with E-state index >= 15 is 0 Å². The van der Waals surface area contributed by atoms with Crippen LogP contribution in [-0.4, -0.2) is 28.4 Å². The van der Waals surface area contributed by atoms with E-state index in [1.54, 1.807) is 38.1 Å². The highest BCUT2D eigenvalue weighted by Crippen LogP contribution is 2.15. The average molecular weight is 238 g/mol. The van der Waals surface area contributed by atoms with Crippen LogP contribution >= 0.6 is 0 Å². The Balaban J connectivity index is 2.51. The molecule has 0 aliphatic heterocycles. The first-order valence-corrected chi connectivity index (χ1v) is 5.53. The van der Waals surface area contributed by atoms with Crippen molar-refractivity contribution in [1.82, 2.24) is 0 Å². The van der Waals surface area contributed by atoms with Crippen molar-refractivity contribution in [2.24, 2.45) is 0 Å². The number of hydrogen-bond acceptors (Lipinski definition) is 3. The van der Waals surface area contributed by atoms with Crippen LogP contribution < -0.4 is 4.74 Å². The third kappa shape index (κ3) is 5.92. The number of carboxylic acid groups (broad SMARTS) is 1. The van der Waals surface area contributed by atoms with Gasteiger partial charge in [-0.05, 0) is 31.5 Å². The normalized spacial score (nSPS) is 11.2. The van der Waals surface area contributed by atoms with Crippen molar-refractivity contribution in [2.75, 3.05) is 6.61 Å². The molecule has 1 aromatic carbocycles. The molecule has 4 heteroatoms. The van der Waals surface area contributed by atoms with Crippen LogP contribution in [0.5, 0.6) is 5.75 Å². The first kappa shape index (κ1) is 13.5. The maximum atomic E-state index is 10.6. The van der Waals surface area contributed by atoms with E-state index < -0.39 is 11.6 Å². The maximum absolute atomic E-state index is 10.6. The average Bonchev–Trinajstić information content (AvgIpc) is 2.15. The van der Waals surface area contributed by atoms with E-state index in [0.717, 1.165) is 0 Å². The van der Waals surface area contributed by atoms with Gasteiger partial charge in [0.05, 0.1) is 18.6 Å². The van der Waals surface area contributed by atoms with Gasteiger partial charge in [-0.25, -0.2) is 0 Å². The van der Waals surface area contributed by atoms with Gasteiger partial charge in [-0.1, -0.05) is 12.1 Å². The lowest BCUT2D eigenvalue weighted by Crippen LogP contribution is -2.21. The molecule has 0 bridgehead atoms. The largest absolute Gasteiger partial charge is 0.493 e. The summed E-state index contributed by atoms with van der Waals surface area (Å²) in [5.74, 6) is -0.230. The first-order chi connectivity index (χ1) is 7.87. The summed E-state index contributed by atoms with van der Waals surface area (Å²) in [7, 11) is 0. The Kier molecular flexibility index (Phi) is 4.52. The Morgan fingerprint density at radius 3 is 2.71 bits per heavy atom. The van der Waals surface area contributed by atoms with E-state index in [1.807, 2.05) is 0 Å². The fourth-order valence-electron chi connectivity index (χ4n) is 1.34. The molecule has 0 radical (unpaired) electrons. The van der Waals surface area contributed by atoms with Crippen molar-refractivity contribution in [3.8, 4) is 5.75 Å². The van der Waals surface area contributed by atoms with Crippen molar-refractivity contribution < 1.29 is 19.7 Å². The Morgan fingerprint density at radius 2 is 2.12 bits per heavy atom. The molecule has 0 fully saturated rings. The number of hydrogen-bond donors (Lipinski definition) is 2. The van der Waals surface area contributed by atoms with Gasteiger partial charge in [0.25, 0.3) is 0 Å². The van der Waals surface area contributed by atoms with Gasteiger partial charge < -0.3 is 14.9 Å². The van der Waals surface area contributed by atoms with Crippen LogP contribution in [0, 0.1) is 0 Å². The van der Waals surface area contributed by atoms with Crippen LogP contribution in [0.25, 0.3) is 0 Å². The van der Waals surface area contributed by atoms with Gasteiger partial charge in [-0.2, -0.15) is 0 Å². The van der Waals surface area contributed by atoms with Crippen molar-refractivity contribution in [2.45, 2.75) is 32.3 Å². The molecule has 0 heterocycles. The standard InChI is InChI=1S/C13H18O4/c1-13(2,16)6-7-17-11-5-3-4-10(8-11)9-12(14)15/h3-5,8,16H,6-7,9H2,1-2H3,(H,14,15). The SMILES string of the molecule is CC(C)(O)CCOc1cccc(CC(=O)O)c1. The predicted molar refractivity (Wildman–Crippen MR) is 64.2 cm³/mol. The molecular formula is C13H18O4. The monoisotopic (exact) mass is 238 g/mol. The van der Waals surface area contributed by atoms with Crippen LogP contribution in [0.4, 0.5) is 0 Å². The van der Waals surface area contributed by atoms with Crippen molar-refractivity contribution in [3.05, 3.63) is 29.8 Å². The Labute approximate surface area is 101 Å². The van der Waals surface area contributed by atoms with Gasteiger partial charge in [-0.3, -0.25) is 4.79 Å². The molecule has 0 spiro atoms.